The smallest absolute Gasteiger partial charge is 0.305 e. The van der Waals surface area contributed by atoms with Crippen molar-refractivity contribution in [3.05, 3.63) is 158 Å². The van der Waals surface area contributed by atoms with E-state index < -0.39 is 22.2 Å². The van der Waals surface area contributed by atoms with Crippen molar-refractivity contribution in [2.24, 2.45) is 11.8 Å². The molecule has 0 radical (unpaired) electrons. The maximum Gasteiger partial charge on any atom is 0.305 e. The molecule has 4 atom stereocenters. The van der Waals surface area contributed by atoms with Crippen LogP contribution in [0.2, 0.25) is 10.1 Å². The van der Waals surface area contributed by atoms with Crippen LogP contribution in [0.3, 0.4) is 0 Å². The Morgan fingerprint density at radius 3 is 1.61 bits per heavy atom. The van der Waals surface area contributed by atoms with E-state index in [0.717, 1.165) is 51.4 Å². The number of hydrogen-bond donors (Lipinski definition) is 0. The van der Waals surface area contributed by atoms with E-state index in [-0.39, 0.29) is 34.0 Å². The third-order valence-corrected chi connectivity index (χ3v) is 23.1. The number of benzene rings is 4. The summed E-state index contributed by atoms with van der Waals surface area (Å²) in [4.78, 5) is 11.9. The minimum Gasteiger partial charge on any atom is -0.469 e. The van der Waals surface area contributed by atoms with Crippen LogP contribution >= 0.6 is 0 Å². The van der Waals surface area contributed by atoms with Crippen LogP contribution in [-0.2, 0) is 18.4 Å². The molecule has 326 valence electrons. The summed E-state index contributed by atoms with van der Waals surface area (Å²) in [7, 11) is -4.28. The molecule has 1 aliphatic rings. The van der Waals surface area contributed by atoms with Gasteiger partial charge < -0.3 is 13.6 Å². The number of hydrogen-bond acceptors (Lipinski definition) is 4. The average molecular weight is 855 g/mol. The molecule has 0 heterocycles. The number of carbonyl (C=O) groups excluding carboxylic acids is 1. The highest BCUT2D eigenvalue weighted by atomic mass is 28.4. The number of carbonyl (C=O) groups is 1. The third-order valence-electron chi connectivity index (χ3n) is 12.9. The van der Waals surface area contributed by atoms with Gasteiger partial charge in [-0.2, -0.15) is 0 Å². The lowest BCUT2D eigenvalue weighted by Crippen LogP contribution is -2.69. The molecule has 0 amide bonds. The molecule has 4 nitrogen and oxygen atoms in total. The first-order valence-electron chi connectivity index (χ1n) is 22.8. The predicted octanol–water partition coefficient (Wildman–Crippen LogP) is 11.9. The van der Waals surface area contributed by atoms with Gasteiger partial charge in [-0.25, -0.2) is 0 Å². The van der Waals surface area contributed by atoms with E-state index >= 15 is 0 Å². The highest BCUT2D eigenvalue weighted by Gasteiger charge is 2.55. The molecule has 4 aromatic rings. The lowest BCUT2D eigenvalue weighted by molar-refractivity contribution is -0.140. The highest BCUT2D eigenvalue weighted by molar-refractivity contribution is 7.00. The average Bonchev–Trinajstić information content (AvgIpc) is 3.55. The Bertz CT molecular complexity index is 1940. The van der Waals surface area contributed by atoms with Gasteiger partial charge in [0.2, 0.25) is 0 Å². The van der Waals surface area contributed by atoms with E-state index in [1.807, 2.05) is 0 Å². The summed E-state index contributed by atoms with van der Waals surface area (Å²) >= 11 is 0. The van der Waals surface area contributed by atoms with Gasteiger partial charge in [-0.3, -0.25) is 4.79 Å². The van der Waals surface area contributed by atoms with Crippen LogP contribution in [0, 0.1) is 11.8 Å². The monoisotopic (exact) mass is 855 g/mol. The van der Waals surface area contributed by atoms with Crippen LogP contribution in [0.25, 0.3) is 0 Å². The van der Waals surface area contributed by atoms with Gasteiger partial charge in [0.15, 0.2) is 0 Å². The van der Waals surface area contributed by atoms with Crippen molar-refractivity contribution in [1.82, 2.24) is 0 Å². The van der Waals surface area contributed by atoms with Crippen molar-refractivity contribution in [3.63, 3.8) is 0 Å². The van der Waals surface area contributed by atoms with Crippen molar-refractivity contribution in [2.45, 2.75) is 135 Å². The molecule has 0 aromatic heterocycles. The summed E-state index contributed by atoms with van der Waals surface area (Å²) in [6, 6.07) is 44.1. The normalized spacial score (nSPS) is 18.8. The molecule has 0 spiro atoms. The first-order valence-corrected chi connectivity index (χ1v) is 26.6. The molecule has 61 heavy (non-hydrogen) atoms. The van der Waals surface area contributed by atoms with Gasteiger partial charge in [0.25, 0.3) is 16.6 Å². The molecule has 4 aromatic carbocycles. The Morgan fingerprint density at radius 1 is 0.689 bits per heavy atom. The molecule has 6 heteroatoms. The maximum atomic E-state index is 11.9. The zero-order chi connectivity index (χ0) is 44.2. The molecule has 0 N–H and O–H groups in total. The highest BCUT2D eigenvalue weighted by Crippen LogP contribution is 2.47. The fourth-order valence-corrected chi connectivity index (χ4v) is 19.3. The van der Waals surface area contributed by atoms with E-state index in [9.17, 15) is 4.79 Å². The van der Waals surface area contributed by atoms with Crippen LogP contribution < -0.4 is 20.7 Å². The first kappa shape index (κ1) is 48.0. The summed E-state index contributed by atoms with van der Waals surface area (Å²) in [5.74, 6) is 0.0953. The minimum absolute atomic E-state index is 0.0443. The van der Waals surface area contributed by atoms with E-state index in [1.165, 1.54) is 33.4 Å². The van der Waals surface area contributed by atoms with Gasteiger partial charge in [-0.1, -0.05) is 226 Å². The second-order valence-electron chi connectivity index (χ2n) is 19.4. The number of rotatable bonds is 20. The first-order chi connectivity index (χ1) is 29.1. The van der Waals surface area contributed by atoms with Gasteiger partial charge in [-0.15, -0.1) is 0 Å². The van der Waals surface area contributed by atoms with Crippen molar-refractivity contribution in [2.75, 3.05) is 7.11 Å². The van der Waals surface area contributed by atoms with Crippen LogP contribution in [0.1, 0.15) is 113 Å². The summed E-state index contributed by atoms with van der Waals surface area (Å²) in [5, 5.41) is 4.87. The third kappa shape index (κ3) is 11.3. The van der Waals surface area contributed by atoms with Crippen LogP contribution in [0.4, 0.5) is 0 Å². The molecule has 1 unspecified atom stereocenters. The molecule has 0 bridgehead atoms. The SMILES string of the molecule is C=C1C[C@@H](O[Si](c2ccccc2)(c2ccccc2)C(C)(C)C)[C@H](CC=CCCCC(=O)OC)[C@@H]1C=CC(C)(CCCCC)O[Si](c1ccccc1)(c1ccccc1)C(C)(C)C. The summed E-state index contributed by atoms with van der Waals surface area (Å²) in [5.41, 5.74) is 0.677. The number of methoxy groups -OCH3 is 1. The van der Waals surface area contributed by atoms with Gasteiger partial charge >= 0.3 is 5.97 Å². The fourth-order valence-electron chi connectivity index (χ4n) is 9.74. The van der Waals surface area contributed by atoms with Crippen LogP contribution in [0.5, 0.6) is 0 Å². The second-order valence-corrected chi connectivity index (χ2v) is 27.9. The molecule has 0 saturated heterocycles. The Hall–Kier alpha value is -4.08. The summed E-state index contributed by atoms with van der Waals surface area (Å²) < 4.78 is 20.9. The van der Waals surface area contributed by atoms with Crippen molar-refractivity contribution in [3.8, 4) is 0 Å². The van der Waals surface area contributed by atoms with Gasteiger partial charge in [-0.05, 0) is 75.8 Å². The van der Waals surface area contributed by atoms with Crippen LogP contribution in [0.15, 0.2) is 158 Å². The van der Waals surface area contributed by atoms with Crippen LogP contribution in [-0.4, -0.2) is 41.4 Å². The Balaban J connectivity index is 1.61. The molecule has 1 fully saturated rings. The molecular formula is C55H74O4Si2. The van der Waals surface area contributed by atoms with Crippen molar-refractivity contribution in [1.29, 1.82) is 0 Å². The topological polar surface area (TPSA) is 44.8 Å². The van der Waals surface area contributed by atoms with Gasteiger partial charge in [0, 0.05) is 12.3 Å². The van der Waals surface area contributed by atoms with E-state index in [0.29, 0.717) is 6.42 Å². The summed E-state index contributed by atoms with van der Waals surface area (Å²) in [6.45, 7) is 23.6. The van der Waals surface area contributed by atoms with E-state index in [2.05, 4.69) is 201 Å². The largest absolute Gasteiger partial charge is 0.469 e. The number of allylic oxidation sites excluding steroid dienone is 3. The zero-order valence-corrected chi connectivity index (χ0v) is 40.8. The molecule has 1 aliphatic carbocycles. The number of unbranched alkanes of at least 4 members (excludes halogenated alkanes) is 3. The second kappa shape index (κ2) is 21.3. The van der Waals surface area contributed by atoms with E-state index in [4.69, 9.17) is 20.2 Å². The van der Waals surface area contributed by atoms with Gasteiger partial charge in [0.1, 0.15) is 0 Å². The van der Waals surface area contributed by atoms with Gasteiger partial charge in [0.05, 0.1) is 18.8 Å². The quantitative estimate of drug-likeness (QED) is 0.0384. The Morgan fingerprint density at radius 2 is 1.16 bits per heavy atom. The zero-order valence-electron chi connectivity index (χ0n) is 38.8. The lowest BCUT2D eigenvalue weighted by Gasteiger charge is -2.48. The maximum absolute atomic E-state index is 11.9. The lowest BCUT2D eigenvalue weighted by atomic mass is 9.87. The number of ether oxygens (including phenoxy) is 1. The molecule has 5 rings (SSSR count). The molecular weight excluding hydrogens is 781 g/mol. The predicted molar refractivity (Wildman–Crippen MR) is 263 cm³/mol. The molecule has 1 saturated carbocycles. The Labute approximate surface area is 371 Å². The fraction of sp³-hybridized carbons (Fsp3) is 0.436. The summed E-state index contributed by atoms with van der Waals surface area (Å²) in [6.07, 6.45) is 17.4. The molecule has 0 aliphatic heterocycles. The van der Waals surface area contributed by atoms with Crippen molar-refractivity contribution < 1.29 is 18.4 Å². The van der Waals surface area contributed by atoms with Crippen molar-refractivity contribution >= 4 is 43.4 Å². The van der Waals surface area contributed by atoms with E-state index in [1.54, 1.807) is 0 Å². The number of esters is 1. The minimum atomic E-state index is -2.88. The standard InChI is InChI=1S/C55H74O4Si2/c1-11-12-29-41-55(9,59-61(54(6,7)8,47-34-23-17-24-35-47)48-36-25-18-26-37-48)42-40-49-44(2)43-51(50(49)38-27-13-14-28-39-52(56)57-10)58-60(53(3,4)5,45-30-19-15-20-31-45)46-32-21-16-22-33-46/h13,15-27,30-37,40,42,49-51H,2,11-12,14,28-29,38-39,41,43H2,1,3-10H3/t49-,50-,51-,55?/m1/s1. The Kier molecular flexibility index (Phi) is 16.8.